The first kappa shape index (κ1) is 11.5. The van der Waals surface area contributed by atoms with Gasteiger partial charge >= 0.3 is 5.97 Å². The van der Waals surface area contributed by atoms with Crippen molar-refractivity contribution in [3.63, 3.8) is 0 Å². The third-order valence-electron chi connectivity index (χ3n) is 1.92. The summed E-state index contributed by atoms with van der Waals surface area (Å²) in [5.41, 5.74) is 0.418. The monoisotopic (exact) mass is 211 g/mol. The molecule has 5 heteroatoms. The Hall–Kier alpha value is -1.62. The molecule has 1 heterocycles. The second kappa shape index (κ2) is 5.31. The summed E-state index contributed by atoms with van der Waals surface area (Å²) in [6, 6.07) is 3.27. The fraction of sp³-hybridized carbons (Fsp3) is 0.400. The van der Waals surface area contributed by atoms with Gasteiger partial charge in [-0.3, -0.25) is 9.78 Å². The molecular weight excluding hydrogens is 198 g/mol. The molecule has 15 heavy (non-hydrogen) atoms. The number of carbonyl (C=O) groups excluding carboxylic acids is 1. The quantitative estimate of drug-likeness (QED) is 0.742. The van der Waals surface area contributed by atoms with Gasteiger partial charge in [0.1, 0.15) is 11.9 Å². The molecule has 0 aromatic carbocycles. The molecule has 0 aliphatic carbocycles. The van der Waals surface area contributed by atoms with E-state index in [1.807, 2.05) is 0 Å². The minimum atomic E-state index is -0.941. The van der Waals surface area contributed by atoms with E-state index in [0.717, 1.165) is 0 Å². The van der Waals surface area contributed by atoms with Crippen molar-refractivity contribution in [3.8, 4) is 5.75 Å². The van der Waals surface area contributed by atoms with Crippen LogP contribution in [0.4, 0.5) is 0 Å². The molecule has 0 aliphatic rings. The van der Waals surface area contributed by atoms with E-state index in [2.05, 4.69) is 9.72 Å². The normalized spacial score (nSPS) is 11.9. The van der Waals surface area contributed by atoms with Gasteiger partial charge in [-0.2, -0.15) is 0 Å². The zero-order valence-electron chi connectivity index (χ0n) is 8.64. The van der Waals surface area contributed by atoms with Crippen LogP contribution in [0.15, 0.2) is 18.3 Å². The third kappa shape index (κ3) is 3.21. The van der Waals surface area contributed by atoms with Crippen LogP contribution < -0.4 is 4.74 Å². The van der Waals surface area contributed by atoms with Gasteiger partial charge in [0.15, 0.2) is 0 Å². The molecule has 1 aromatic rings. The van der Waals surface area contributed by atoms with E-state index in [0.29, 0.717) is 11.4 Å². The topological polar surface area (TPSA) is 68.7 Å². The van der Waals surface area contributed by atoms with Crippen molar-refractivity contribution in [1.82, 2.24) is 4.98 Å². The van der Waals surface area contributed by atoms with E-state index >= 15 is 0 Å². The molecule has 0 bridgehead atoms. The lowest BCUT2D eigenvalue weighted by Crippen LogP contribution is -2.09. The number of rotatable bonds is 4. The zero-order valence-corrected chi connectivity index (χ0v) is 8.64. The Morgan fingerprint density at radius 1 is 1.53 bits per heavy atom. The zero-order chi connectivity index (χ0) is 11.3. The lowest BCUT2D eigenvalue weighted by atomic mass is 10.1. The van der Waals surface area contributed by atoms with Gasteiger partial charge in [-0.25, -0.2) is 0 Å². The van der Waals surface area contributed by atoms with Gasteiger partial charge in [0.05, 0.1) is 32.5 Å². The second-order valence-corrected chi connectivity index (χ2v) is 2.92. The first-order chi connectivity index (χ1) is 7.17. The Morgan fingerprint density at radius 3 is 2.73 bits per heavy atom. The van der Waals surface area contributed by atoms with Crippen molar-refractivity contribution < 1.29 is 19.4 Å². The number of methoxy groups -OCH3 is 2. The molecule has 0 saturated heterocycles. The molecule has 1 rings (SSSR count). The highest BCUT2D eigenvalue weighted by Gasteiger charge is 2.14. The van der Waals surface area contributed by atoms with Gasteiger partial charge in [-0.15, -0.1) is 0 Å². The summed E-state index contributed by atoms with van der Waals surface area (Å²) in [4.78, 5) is 14.8. The molecule has 82 valence electrons. The van der Waals surface area contributed by atoms with Gasteiger partial charge in [-0.1, -0.05) is 0 Å². The van der Waals surface area contributed by atoms with Crippen molar-refractivity contribution >= 4 is 5.97 Å². The maximum Gasteiger partial charge on any atom is 0.308 e. The maximum atomic E-state index is 10.9. The van der Waals surface area contributed by atoms with Crippen LogP contribution in [0, 0.1) is 0 Å². The summed E-state index contributed by atoms with van der Waals surface area (Å²) < 4.78 is 9.35. The Bertz CT molecular complexity index is 323. The highest BCUT2D eigenvalue weighted by Crippen LogP contribution is 2.17. The molecule has 0 spiro atoms. The van der Waals surface area contributed by atoms with Crippen molar-refractivity contribution in [1.29, 1.82) is 0 Å². The minimum Gasteiger partial charge on any atom is -0.495 e. The SMILES string of the molecule is COC(=O)CC(O)c1ccc(OC)cn1. The van der Waals surface area contributed by atoms with Crippen LogP contribution >= 0.6 is 0 Å². The number of aliphatic hydroxyl groups is 1. The number of pyridine rings is 1. The summed E-state index contributed by atoms with van der Waals surface area (Å²) in [7, 11) is 2.80. The summed E-state index contributed by atoms with van der Waals surface area (Å²) in [6.45, 7) is 0. The predicted octanol–water partition coefficient (Wildman–Crippen LogP) is 0.687. The van der Waals surface area contributed by atoms with E-state index in [4.69, 9.17) is 4.74 Å². The number of carbonyl (C=O) groups is 1. The molecule has 1 N–H and O–H groups in total. The van der Waals surface area contributed by atoms with E-state index in [9.17, 15) is 9.90 Å². The van der Waals surface area contributed by atoms with E-state index in [1.54, 1.807) is 12.1 Å². The van der Waals surface area contributed by atoms with Crippen molar-refractivity contribution in [2.45, 2.75) is 12.5 Å². The van der Waals surface area contributed by atoms with E-state index in [1.165, 1.54) is 20.4 Å². The Kier molecular flexibility index (Phi) is 4.05. The van der Waals surface area contributed by atoms with Gasteiger partial charge in [-0.05, 0) is 12.1 Å². The highest BCUT2D eigenvalue weighted by molar-refractivity contribution is 5.69. The fourth-order valence-electron chi connectivity index (χ4n) is 1.06. The van der Waals surface area contributed by atoms with Crippen LogP contribution in [0.5, 0.6) is 5.75 Å². The molecule has 1 aromatic heterocycles. The smallest absolute Gasteiger partial charge is 0.308 e. The van der Waals surface area contributed by atoms with Crippen LogP contribution in [0.3, 0.4) is 0 Å². The molecule has 0 fully saturated rings. The average Bonchev–Trinajstić information content (AvgIpc) is 2.29. The van der Waals surface area contributed by atoms with Crippen LogP contribution in [-0.2, 0) is 9.53 Å². The van der Waals surface area contributed by atoms with Crippen molar-refractivity contribution in [3.05, 3.63) is 24.0 Å². The second-order valence-electron chi connectivity index (χ2n) is 2.92. The van der Waals surface area contributed by atoms with Gasteiger partial charge in [0, 0.05) is 0 Å². The molecule has 5 nitrogen and oxygen atoms in total. The van der Waals surface area contributed by atoms with Crippen molar-refractivity contribution in [2.24, 2.45) is 0 Å². The number of aromatic nitrogens is 1. The largest absolute Gasteiger partial charge is 0.495 e. The fourth-order valence-corrected chi connectivity index (χ4v) is 1.06. The molecule has 1 unspecified atom stereocenters. The lowest BCUT2D eigenvalue weighted by Gasteiger charge is -2.08. The molecule has 0 radical (unpaired) electrons. The Morgan fingerprint density at radius 2 is 2.27 bits per heavy atom. The number of hydrogen-bond donors (Lipinski definition) is 1. The summed E-state index contributed by atoms with van der Waals surface area (Å²) >= 11 is 0. The van der Waals surface area contributed by atoms with Gasteiger partial charge in [0.2, 0.25) is 0 Å². The van der Waals surface area contributed by atoms with Crippen LogP contribution in [0.2, 0.25) is 0 Å². The van der Waals surface area contributed by atoms with Crippen LogP contribution in [0.25, 0.3) is 0 Å². The van der Waals surface area contributed by atoms with Gasteiger partial charge in [0.25, 0.3) is 0 Å². The predicted molar refractivity (Wildman–Crippen MR) is 52.4 cm³/mol. The maximum absolute atomic E-state index is 10.9. The number of aliphatic hydroxyl groups excluding tert-OH is 1. The lowest BCUT2D eigenvalue weighted by molar-refractivity contribution is -0.142. The first-order valence-corrected chi connectivity index (χ1v) is 4.42. The highest BCUT2D eigenvalue weighted by atomic mass is 16.5. The number of ether oxygens (including phenoxy) is 2. The number of nitrogens with zero attached hydrogens (tertiary/aromatic N) is 1. The Labute approximate surface area is 87.7 Å². The van der Waals surface area contributed by atoms with Crippen LogP contribution in [-0.4, -0.2) is 30.3 Å². The molecule has 0 amide bonds. The Balaban J connectivity index is 2.65. The number of esters is 1. The molecule has 1 atom stereocenters. The first-order valence-electron chi connectivity index (χ1n) is 4.42. The van der Waals surface area contributed by atoms with E-state index in [-0.39, 0.29) is 6.42 Å². The summed E-state index contributed by atoms with van der Waals surface area (Å²) in [5, 5.41) is 9.58. The van der Waals surface area contributed by atoms with Crippen molar-refractivity contribution in [2.75, 3.05) is 14.2 Å². The van der Waals surface area contributed by atoms with Crippen LogP contribution in [0.1, 0.15) is 18.2 Å². The summed E-state index contributed by atoms with van der Waals surface area (Å²) in [6.07, 6.45) is 0.439. The summed E-state index contributed by atoms with van der Waals surface area (Å²) in [5.74, 6) is 0.129. The molecule has 0 aliphatic heterocycles. The standard InChI is InChI=1S/C10H13NO4/c1-14-7-3-4-8(11-6-7)9(12)5-10(13)15-2/h3-4,6,9,12H,5H2,1-2H3. The molecular formula is C10H13NO4. The van der Waals surface area contributed by atoms with E-state index < -0.39 is 12.1 Å². The number of hydrogen-bond acceptors (Lipinski definition) is 5. The van der Waals surface area contributed by atoms with Gasteiger partial charge < -0.3 is 14.6 Å². The average molecular weight is 211 g/mol. The minimum absolute atomic E-state index is 0.101. The molecule has 0 saturated carbocycles. The third-order valence-corrected chi connectivity index (χ3v) is 1.92.